The summed E-state index contributed by atoms with van der Waals surface area (Å²) in [6.07, 6.45) is -0.834. The molecule has 38 heavy (non-hydrogen) atoms. The van der Waals surface area contributed by atoms with Crippen LogP contribution in [0.25, 0.3) is 0 Å². The first-order valence-corrected chi connectivity index (χ1v) is 14.5. The molecular formula is C29H32ClNO6S. The Bertz CT molecular complexity index is 1320. The zero-order valence-corrected chi connectivity index (χ0v) is 22.7. The van der Waals surface area contributed by atoms with Crippen molar-refractivity contribution in [2.45, 2.75) is 61.3 Å². The Morgan fingerprint density at radius 1 is 1.05 bits per heavy atom. The number of carbonyl (C=O) groups excluding carboxylic acids is 1. The zero-order chi connectivity index (χ0) is 27.1. The second kappa shape index (κ2) is 12.9. The Morgan fingerprint density at radius 3 is 2.47 bits per heavy atom. The molecule has 0 unspecified atom stereocenters. The van der Waals surface area contributed by atoms with E-state index < -0.39 is 39.6 Å². The lowest BCUT2D eigenvalue weighted by Gasteiger charge is -2.24. The monoisotopic (exact) mass is 557 g/mol. The molecule has 202 valence electrons. The molecule has 1 aliphatic rings. The van der Waals surface area contributed by atoms with Crippen LogP contribution in [0.15, 0.2) is 83.8 Å². The van der Waals surface area contributed by atoms with Crippen molar-refractivity contribution >= 4 is 27.6 Å². The second-order valence-electron chi connectivity index (χ2n) is 9.44. The van der Waals surface area contributed by atoms with Crippen LogP contribution < -0.4 is 4.72 Å². The Balaban J connectivity index is 1.34. The maximum atomic E-state index is 13.1. The van der Waals surface area contributed by atoms with Gasteiger partial charge in [0, 0.05) is 13.0 Å². The van der Waals surface area contributed by atoms with Gasteiger partial charge in [-0.05, 0) is 48.6 Å². The number of ether oxygens (including phenoxy) is 2. The Morgan fingerprint density at radius 2 is 1.74 bits per heavy atom. The van der Waals surface area contributed by atoms with Gasteiger partial charge in [0.25, 0.3) is 0 Å². The molecular weight excluding hydrogens is 526 g/mol. The molecule has 0 aromatic heterocycles. The summed E-state index contributed by atoms with van der Waals surface area (Å²) in [5.74, 6) is -0.790. The van der Waals surface area contributed by atoms with Gasteiger partial charge in [-0.1, -0.05) is 72.3 Å². The van der Waals surface area contributed by atoms with Crippen LogP contribution in [0.5, 0.6) is 0 Å². The highest BCUT2D eigenvalue weighted by atomic mass is 35.5. The summed E-state index contributed by atoms with van der Waals surface area (Å²) in [5, 5.41) is 9.19. The summed E-state index contributed by atoms with van der Waals surface area (Å²) in [6, 6.07) is 22.8. The number of halogens is 1. The molecule has 0 amide bonds. The van der Waals surface area contributed by atoms with Crippen molar-refractivity contribution in [2.24, 2.45) is 0 Å². The van der Waals surface area contributed by atoms with E-state index in [1.165, 1.54) is 12.1 Å². The number of aliphatic hydroxyl groups excluding tert-OH is 1. The first-order chi connectivity index (χ1) is 18.2. The van der Waals surface area contributed by atoms with E-state index in [0.717, 1.165) is 22.3 Å². The van der Waals surface area contributed by atoms with Crippen LogP contribution >= 0.6 is 11.6 Å². The van der Waals surface area contributed by atoms with E-state index in [4.69, 9.17) is 21.1 Å². The number of rotatable bonds is 12. The largest absolute Gasteiger partial charge is 0.459 e. The van der Waals surface area contributed by atoms with E-state index in [1.807, 2.05) is 61.5 Å². The molecule has 0 spiro atoms. The number of alkyl halides is 1. The molecule has 4 atom stereocenters. The lowest BCUT2D eigenvalue weighted by atomic mass is 10.1. The van der Waals surface area contributed by atoms with Crippen LogP contribution in [0, 0.1) is 6.92 Å². The van der Waals surface area contributed by atoms with Crippen LogP contribution in [0.2, 0.25) is 0 Å². The summed E-state index contributed by atoms with van der Waals surface area (Å²) < 4.78 is 40.2. The molecule has 0 aliphatic heterocycles. The average molecular weight is 558 g/mol. The number of hydrogen-bond donors (Lipinski definition) is 2. The van der Waals surface area contributed by atoms with Crippen LogP contribution in [0.1, 0.15) is 41.1 Å². The molecule has 2 N–H and O–H groups in total. The van der Waals surface area contributed by atoms with E-state index in [9.17, 15) is 18.3 Å². The van der Waals surface area contributed by atoms with Gasteiger partial charge < -0.3 is 14.6 Å². The number of carbonyl (C=O) groups is 1. The summed E-state index contributed by atoms with van der Waals surface area (Å²) in [5.41, 5.74) is 3.61. The summed E-state index contributed by atoms with van der Waals surface area (Å²) in [4.78, 5) is 13.0. The fourth-order valence-corrected chi connectivity index (χ4v) is 5.86. The number of fused-ring (bicyclic) bond motifs is 1. The number of esters is 1. The molecule has 9 heteroatoms. The smallest absolute Gasteiger partial charge is 0.327 e. The first-order valence-electron chi connectivity index (χ1n) is 12.6. The number of nitrogens with one attached hydrogen (secondary N) is 1. The van der Waals surface area contributed by atoms with Crippen molar-refractivity contribution in [3.63, 3.8) is 0 Å². The Labute approximate surface area is 228 Å². The molecule has 0 saturated carbocycles. The van der Waals surface area contributed by atoms with Gasteiger partial charge in [0.15, 0.2) is 5.38 Å². The van der Waals surface area contributed by atoms with E-state index in [2.05, 4.69) is 4.72 Å². The molecule has 0 radical (unpaired) electrons. The normalized spacial score (nSPS) is 18.5. The summed E-state index contributed by atoms with van der Waals surface area (Å²) in [6.45, 7) is 2.75. The van der Waals surface area contributed by atoms with Gasteiger partial charge in [-0.15, -0.1) is 11.6 Å². The minimum Gasteiger partial charge on any atom is -0.459 e. The summed E-state index contributed by atoms with van der Waals surface area (Å²) >= 11 is 6.27. The van der Waals surface area contributed by atoms with Crippen LogP contribution in [0.3, 0.4) is 0 Å². The zero-order valence-electron chi connectivity index (χ0n) is 21.1. The third-order valence-corrected chi connectivity index (χ3v) is 8.45. The minimum atomic E-state index is -3.88. The van der Waals surface area contributed by atoms with Crippen molar-refractivity contribution in [3.05, 3.63) is 101 Å². The topological polar surface area (TPSA) is 102 Å². The number of sulfonamides is 1. The highest BCUT2D eigenvalue weighted by Crippen LogP contribution is 2.35. The van der Waals surface area contributed by atoms with Crippen molar-refractivity contribution < 1.29 is 27.8 Å². The number of hydrogen-bond acceptors (Lipinski definition) is 6. The van der Waals surface area contributed by atoms with Gasteiger partial charge in [-0.3, -0.25) is 4.79 Å². The van der Waals surface area contributed by atoms with E-state index in [1.54, 1.807) is 12.1 Å². The van der Waals surface area contributed by atoms with Gasteiger partial charge in [0.2, 0.25) is 10.0 Å². The van der Waals surface area contributed by atoms with Crippen LogP contribution in [-0.2, 0) is 37.3 Å². The first kappa shape index (κ1) is 28.3. The van der Waals surface area contributed by atoms with Crippen molar-refractivity contribution in [3.8, 4) is 0 Å². The fourth-order valence-electron chi connectivity index (χ4n) is 4.44. The minimum absolute atomic E-state index is 0.123. The van der Waals surface area contributed by atoms with Crippen LogP contribution in [-0.4, -0.2) is 43.7 Å². The molecule has 4 rings (SSSR count). The third-order valence-electron chi connectivity index (χ3n) is 6.53. The van der Waals surface area contributed by atoms with Crippen molar-refractivity contribution in [1.82, 2.24) is 4.72 Å². The standard InChI is InChI=1S/C29H32ClNO6S/c1-20-13-15-23(16-14-20)38(34,35)31-28-24-11-6-5-10-22(24)18-26(28)37-29(33)27(30)25(32)12-7-17-36-19-21-8-3-2-4-9-21/h2-6,8-11,13-16,25-28,31-32H,7,12,17-19H2,1H3/t25-,26-,27+,28+/m0/s1. The molecule has 3 aromatic carbocycles. The second-order valence-corrected chi connectivity index (χ2v) is 11.6. The third kappa shape index (κ3) is 7.21. The van der Waals surface area contributed by atoms with Gasteiger partial charge >= 0.3 is 5.97 Å². The molecule has 0 saturated heterocycles. The quantitative estimate of drug-likeness (QED) is 0.194. The van der Waals surface area contributed by atoms with Gasteiger partial charge in [-0.2, -0.15) is 4.72 Å². The number of aryl methyl sites for hydroxylation is 1. The van der Waals surface area contributed by atoms with Crippen molar-refractivity contribution in [1.29, 1.82) is 0 Å². The van der Waals surface area contributed by atoms with Gasteiger partial charge in [0.1, 0.15) is 6.10 Å². The molecule has 1 aliphatic carbocycles. The highest BCUT2D eigenvalue weighted by Gasteiger charge is 2.39. The lowest BCUT2D eigenvalue weighted by molar-refractivity contribution is -0.151. The van der Waals surface area contributed by atoms with Gasteiger partial charge in [0.05, 0.1) is 23.6 Å². The lowest BCUT2D eigenvalue weighted by Crippen LogP contribution is -2.39. The molecule has 0 fully saturated rings. The predicted octanol–water partition coefficient (Wildman–Crippen LogP) is 4.45. The fraction of sp³-hybridized carbons (Fsp3) is 0.345. The van der Waals surface area contributed by atoms with E-state index >= 15 is 0 Å². The Hall–Kier alpha value is -2.75. The molecule has 3 aromatic rings. The van der Waals surface area contributed by atoms with E-state index in [-0.39, 0.29) is 11.3 Å². The molecule has 0 heterocycles. The Kier molecular flexibility index (Phi) is 9.57. The molecule has 0 bridgehead atoms. The highest BCUT2D eigenvalue weighted by molar-refractivity contribution is 7.89. The van der Waals surface area contributed by atoms with Gasteiger partial charge in [-0.25, -0.2) is 8.42 Å². The number of benzene rings is 3. The maximum Gasteiger partial charge on any atom is 0.327 e. The summed E-state index contributed by atoms with van der Waals surface area (Å²) in [7, 11) is -3.88. The average Bonchev–Trinajstić information content (AvgIpc) is 3.24. The van der Waals surface area contributed by atoms with E-state index in [0.29, 0.717) is 26.1 Å². The van der Waals surface area contributed by atoms with Crippen molar-refractivity contribution in [2.75, 3.05) is 6.61 Å². The van der Waals surface area contributed by atoms with Crippen LogP contribution in [0.4, 0.5) is 0 Å². The predicted molar refractivity (Wildman–Crippen MR) is 145 cm³/mol. The maximum absolute atomic E-state index is 13.1. The number of aliphatic hydroxyl groups is 1. The molecule has 7 nitrogen and oxygen atoms in total. The SMILES string of the molecule is Cc1ccc(S(=O)(=O)N[C@@H]2c3ccccc3C[C@@H]2OC(=O)[C@H](Cl)[C@@H](O)CCCOCc2ccccc2)cc1.